The summed E-state index contributed by atoms with van der Waals surface area (Å²) in [5, 5.41) is 0. The van der Waals surface area contributed by atoms with E-state index in [4.69, 9.17) is 9.47 Å². The van der Waals surface area contributed by atoms with Crippen molar-refractivity contribution in [1.29, 1.82) is 0 Å². The number of carbonyl (C=O) groups excluding carboxylic acids is 2. The lowest BCUT2D eigenvalue weighted by Crippen LogP contribution is -2.80. The van der Waals surface area contributed by atoms with Gasteiger partial charge < -0.3 is 9.47 Å². The molecule has 0 amide bonds. The Labute approximate surface area is 262 Å². The zero-order valence-electron chi connectivity index (χ0n) is 26.2. The van der Waals surface area contributed by atoms with E-state index < -0.39 is 0 Å². The summed E-state index contributed by atoms with van der Waals surface area (Å²) in [6.07, 6.45) is 17.8. The van der Waals surface area contributed by atoms with Crippen molar-refractivity contribution in [3.8, 4) is 0 Å². The lowest BCUT2D eigenvalue weighted by Gasteiger charge is -2.69. The third kappa shape index (κ3) is 3.80. The molecule has 9 aliphatic rings. The number of hydrogen-bond acceptors (Lipinski definition) is 6. The second-order valence-corrected chi connectivity index (χ2v) is 16.3. The molecule has 5 aliphatic carbocycles. The van der Waals surface area contributed by atoms with Crippen LogP contribution in [-0.2, 0) is 19.1 Å². The molecule has 9 fully saturated rings. The highest BCUT2D eigenvalue weighted by atomic mass is 16.5. The van der Waals surface area contributed by atoms with E-state index in [1.54, 1.807) is 0 Å². The van der Waals surface area contributed by atoms with Gasteiger partial charge in [-0.25, -0.2) is 0 Å². The minimum absolute atomic E-state index is 0.0507. The first-order chi connectivity index (χ1) is 21.7. The number of ether oxygens (including phenoxy) is 2. The van der Waals surface area contributed by atoms with E-state index in [-0.39, 0.29) is 78.2 Å². The number of piperidine rings is 2. The van der Waals surface area contributed by atoms with Crippen molar-refractivity contribution in [2.75, 3.05) is 0 Å². The van der Waals surface area contributed by atoms with Gasteiger partial charge in [-0.3, -0.25) is 19.4 Å². The summed E-state index contributed by atoms with van der Waals surface area (Å²) in [5.41, 5.74) is 1.35. The number of benzene rings is 1. The van der Waals surface area contributed by atoms with Crippen LogP contribution in [0.25, 0.3) is 0 Å². The lowest BCUT2D eigenvalue weighted by atomic mass is 9.53. The molecule has 0 N–H and O–H groups in total. The summed E-state index contributed by atoms with van der Waals surface area (Å²) in [7, 11) is 0. The molecule has 1 aromatic carbocycles. The van der Waals surface area contributed by atoms with Gasteiger partial charge in [0.2, 0.25) is 0 Å². The molecule has 5 saturated carbocycles. The highest BCUT2D eigenvalue weighted by Gasteiger charge is 2.68. The quantitative estimate of drug-likeness (QED) is 0.415. The summed E-state index contributed by atoms with van der Waals surface area (Å²) < 4.78 is 13.9. The van der Waals surface area contributed by atoms with Gasteiger partial charge in [-0.2, -0.15) is 0 Å². The van der Waals surface area contributed by atoms with Crippen LogP contribution in [0.4, 0.5) is 0 Å². The molecule has 6 heteroatoms. The van der Waals surface area contributed by atoms with Crippen LogP contribution in [0, 0.1) is 23.7 Å². The fraction of sp³-hybridized carbons (Fsp3) is 0.789. The second-order valence-electron chi connectivity index (χ2n) is 16.3. The molecule has 6 nitrogen and oxygen atoms in total. The van der Waals surface area contributed by atoms with Crippen LogP contribution in [0.2, 0.25) is 0 Å². The van der Waals surface area contributed by atoms with Crippen molar-refractivity contribution in [2.45, 2.75) is 163 Å². The van der Waals surface area contributed by atoms with E-state index in [1.165, 1.54) is 44.1 Å². The first kappa shape index (κ1) is 27.5. The number of nitrogens with zero attached hydrogens (tertiary/aromatic N) is 2. The van der Waals surface area contributed by atoms with Gasteiger partial charge in [0.15, 0.2) is 0 Å². The van der Waals surface area contributed by atoms with Crippen molar-refractivity contribution in [3.05, 3.63) is 35.9 Å². The number of fused-ring (bicyclic) bond motifs is 8. The monoisotopic (exact) mass is 598 g/mol. The summed E-state index contributed by atoms with van der Waals surface area (Å²) in [4.78, 5) is 35.6. The van der Waals surface area contributed by atoms with Crippen molar-refractivity contribution in [1.82, 2.24) is 9.80 Å². The van der Waals surface area contributed by atoms with E-state index in [2.05, 4.69) is 40.1 Å². The summed E-state index contributed by atoms with van der Waals surface area (Å²) >= 11 is 0. The number of Topliss-reactive ketones (excluding diaryl/α,β-unsaturated/α-hetero) is 2. The molecular weight excluding hydrogens is 548 g/mol. The normalized spacial score (nSPS) is 51.6. The molecule has 14 unspecified atom stereocenters. The zero-order chi connectivity index (χ0) is 29.1. The molecule has 0 bridgehead atoms. The third-order valence-electron chi connectivity index (χ3n) is 14.5. The van der Waals surface area contributed by atoms with Gasteiger partial charge >= 0.3 is 0 Å². The molecule has 0 spiro atoms. The molecule has 1 aromatic rings. The van der Waals surface area contributed by atoms with Gasteiger partial charge in [0.25, 0.3) is 0 Å². The predicted octanol–water partition coefficient (Wildman–Crippen LogP) is 5.67. The molecule has 44 heavy (non-hydrogen) atoms. The first-order valence-corrected chi connectivity index (χ1v) is 18.7. The van der Waals surface area contributed by atoms with E-state index in [9.17, 15) is 9.59 Å². The van der Waals surface area contributed by atoms with Crippen molar-refractivity contribution in [2.24, 2.45) is 23.7 Å². The number of hydrogen-bond donors (Lipinski definition) is 0. The van der Waals surface area contributed by atoms with Crippen molar-refractivity contribution in [3.63, 3.8) is 0 Å². The van der Waals surface area contributed by atoms with Gasteiger partial charge in [0.1, 0.15) is 11.6 Å². The molecule has 236 valence electrons. The maximum atomic E-state index is 14.8. The molecule has 4 heterocycles. The molecule has 0 radical (unpaired) electrons. The van der Waals surface area contributed by atoms with Gasteiger partial charge in [-0.15, -0.1) is 0 Å². The minimum atomic E-state index is -0.0507. The van der Waals surface area contributed by atoms with E-state index in [1.807, 2.05) is 0 Å². The molecule has 4 saturated heterocycles. The fourth-order valence-corrected chi connectivity index (χ4v) is 13.1. The molecular formula is C38H50N2O4. The smallest absolute Gasteiger partial charge is 0.142 e. The van der Waals surface area contributed by atoms with Crippen LogP contribution in [0.5, 0.6) is 0 Å². The number of morpholine rings is 2. The van der Waals surface area contributed by atoms with Gasteiger partial charge in [0, 0.05) is 65.8 Å². The Morgan fingerprint density at radius 1 is 0.500 bits per heavy atom. The maximum Gasteiger partial charge on any atom is 0.142 e. The molecule has 10 rings (SSSR count). The summed E-state index contributed by atoms with van der Waals surface area (Å²) in [5.74, 6) is 1.15. The second kappa shape index (κ2) is 10.5. The minimum Gasteiger partial charge on any atom is -0.372 e. The molecule has 14 atom stereocenters. The third-order valence-corrected chi connectivity index (χ3v) is 14.5. The topological polar surface area (TPSA) is 59.1 Å². The fourth-order valence-electron chi connectivity index (χ4n) is 13.1. The van der Waals surface area contributed by atoms with Crippen LogP contribution < -0.4 is 0 Å². The van der Waals surface area contributed by atoms with Crippen LogP contribution in [-0.4, -0.2) is 82.0 Å². The van der Waals surface area contributed by atoms with Crippen LogP contribution >= 0.6 is 0 Å². The SMILES string of the molecule is O=C1C2CCCC3OC4CCCCC4N(C32)C2C1CC1C(=O)C3CCCC4OC5CCCCC5N(C43)C1C2c1ccccc1. The average molecular weight is 599 g/mol. The van der Waals surface area contributed by atoms with Crippen LogP contribution in [0.15, 0.2) is 30.3 Å². The Hall–Kier alpha value is -1.60. The zero-order valence-corrected chi connectivity index (χ0v) is 26.2. The van der Waals surface area contributed by atoms with Gasteiger partial charge in [-0.05, 0) is 63.4 Å². The number of carbonyl (C=O) groups is 2. The van der Waals surface area contributed by atoms with Crippen molar-refractivity contribution < 1.29 is 19.1 Å². The van der Waals surface area contributed by atoms with Gasteiger partial charge in [-0.1, -0.05) is 68.9 Å². The highest BCUT2D eigenvalue weighted by Crippen LogP contribution is 2.59. The molecule has 0 aromatic heterocycles. The van der Waals surface area contributed by atoms with E-state index in [0.717, 1.165) is 57.8 Å². The predicted molar refractivity (Wildman–Crippen MR) is 166 cm³/mol. The Balaban J connectivity index is 1.16. The lowest BCUT2D eigenvalue weighted by molar-refractivity contribution is -0.247. The number of ketones is 2. The van der Waals surface area contributed by atoms with Crippen LogP contribution in [0.1, 0.15) is 108 Å². The Bertz CT molecular complexity index is 1220. The van der Waals surface area contributed by atoms with Crippen molar-refractivity contribution >= 4 is 11.6 Å². The Kier molecular flexibility index (Phi) is 6.53. The largest absolute Gasteiger partial charge is 0.372 e. The first-order valence-electron chi connectivity index (χ1n) is 18.7. The van der Waals surface area contributed by atoms with Gasteiger partial charge in [0.05, 0.1) is 24.4 Å². The average Bonchev–Trinajstić information content (AvgIpc) is 3.07. The Morgan fingerprint density at radius 3 is 1.50 bits per heavy atom. The molecule has 4 aliphatic heterocycles. The number of rotatable bonds is 1. The van der Waals surface area contributed by atoms with E-state index >= 15 is 0 Å². The standard InChI is InChI=1S/C38H50N2O4/c41-37-22-12-8-18-30-33(22)39(26-14-4-6-16-28(26)43-30)35-24(37)20-25-36(32(35)21-10-2-1-3-11-21)40-27-15-5-7-17-29(27)44-31-19-9-13-23(34(31)40)38(25)42/h1-3,10-11,22-36H,4-9,12-20H2. The Morgan fingerprint density at radius 2 is 0.977 bits per heavy atom. The maximum absolute atomic E-state index is 14.8. The highest BCUT2D eigenvalue weighted by molar-refractivity contribution is 5.90. The summed E-state index contributed by atoms with van der Waals surface area (Å²) in [6, 6.07) is 12.7. The van der Waals surface area contributed by atoms with Crippen LogP contribution in [0.3, 0.4) is 0 Å². The summed E-state index contributed by atoms with van der Waals surface area (Å²) in [6.45, 7) is 0. The van der Waals surface area contributed by atoms with E-state index in [0.29, 0.717) is 23.7 Å².